The smallest absolute Gasteiger partial charge is 0.246 e. The Morgan fingerprint density at radius 1 is 1.05 bits per heavy atom. The van der Waals surface area contributed by atoms with Gasteiger partial charge >= 0.3 is 0 Å². The first-order chi connectivity index (χ1) is 20.6. The number of nitrogens with one attached hydrogen (secondary N) is 2. The second-order valence-corrected chi connectivity index (χ2v) is 14.6. The first kappa shape index (κ1) is 31.7. The minimum atomic E-state index is -3.51. The molecule has 3 fully saturated rings. The zero-order valence-corrected chi connectivity index (χ0v) is 27.0. The molecule has 11 heteroatoms. The summed E-state index contributed by atoms with van der Waals surface area (Å²) in [4.78, 5) is 32.2. The number of sulfonamides is 1. The molecule has 1 atom stereocenters. The van der Waals surface area contributed by atoms with Gasteiger partial charge in [-0.3, -0.25) is 14.5 Å². The van der Waals surface area contributed by atoms with Gasteiger partial charge in [0.15, 0.2) is 0 Å². The van der Waals surface area contributed by atoms with E-state index in [1.807, 2.05) is 23.4 Å². The molecule has 2 amide bonds. The molecule has 43 heavy (non-hydrogen) atoms. The van der Waals surface area contributed by atoms with E-state index in [0.717, 1.165) is 67.8 Å². The summed E-state index contributed by atoms with van der Waals surface area (Å²) >= 11 is 0. The average Bonchev–Trinajstić information content (AvgIpc) is 3.29. The highest BCUT2D eigenvalue weighted by Gasteiger charge is 2.53. The number of unbranched alkanes of at least 4 members (excludes halogenated alkanes) is 1. The highest BCUT2D eigenvalue weighted by molar-refractivity contribution is 7.89. The summed E-state index contributed by atoms with van der Waals surface area (Å²) in [5.41, 5.74) is 3.08. The van der Waals surface area contributed by atoms with Crippen LogP contribution in [0.3, 0.4) is 0 Å². The summed E-state index contributed by atoms with van der Waals surface area (Å²) in [6.45, 7) is 8.95. The quantitative estimate of drug-likeness (QED) is 0.421. The summed E-state index contributed by atoms with van der Waals surface area (Å²) in [6, 6.07) is 6.32. The minimum absolute atomic E-state index is 0.0348. The summed E-state index contributed by atoms with van der Waals surface area (Å²) in [6.07, 6.45) is 9.95. The van der Waals surface area contributed by atoms with Gasteiger partial charge < -0.3 is 10.2 Å². The van der Waals surface area contributed by atoms with E-state index in [-0.39, 0.29) is 22.8 Å². The molecule has 2 aliphatic heterocycles. The fourth-order valence-electron chi connectivity index (χ4n) is 7.27. The summed E-state index contributed by atoms with van der Waals surface area (Å²) in [5, 5.41) is 7.97. The van der Waals surface area contributed by atoms with Gasteiger partial charge in [-0.2, -0.15) is 5.10 Å². The Labute approximate surface area is 256 Å². The van der Waals surface area contributed by atoms with Crippen LogP contribution in [0.2, 0.25) is 0 Å². The molecule has 10 nitrogen and oxygen atoms in total. The van der Waals surface area contributed by atoms with Crippen molar-refractivity contribution in [3.63, 3.8) is 0 Å². The molecule has 0 radical (unpaired) electrons. The van der Waals surface area contributed by atoms with E-state index in [9.17, 15) is 18.0 Å². The molecule has 2 aromatic rings. The predicted molar refractivity (Wildman–Crippen MR) is 166 cm³/mol. The first-order valence-electron chi connectivity index (χ1n) is 16.0. The van der Waals surface area contributed by atoms with Crippen molar-refractivity contribution < 1.29 is 18.0 Å². The Morgan fingerprint density at radius 3 is 2.35 bits per heavy atom. The molecule has 1 unspecified atom stereocenters. The Morgan fingerprint density at radius 2 is 1.72 bits per heavy atom. The average molecular weight is 613 g/mol. The number of likely N-dealkylation sites (tertiary alicyclic amines) is 1. The number of rotatable bonds is 10. The summed E-state index contributed by atoms with van der Waals surface area (Å²) < 4.78 is 28.5. The lowest BCUT2D eigenvalue weighted by molar-refractivity contribution is -0.162. The van der Waals surface area contributed by atoms with Crippen molar-refractivity contribution in [3.05, 3.63) is 41.2 Å². The molecule has 5 rings (SSSR count). The number of carbonyl (C=O) groups excluding carboxylic acids is 2. The van der Waals surface area contributed by atoms with Gasteiger partial charge in [-0.15, -0.1) is 0 Å². The Bertz CT molecular complexity index is 1410. The Balaban J connectivity index is 1.28. The number of amides is 2. The number of hydrogen-bond donors (Lipinski definition) is 2. The molecule has 1 spiro atoms. The number of aryl methyl sites for hydroxylation is 1. The van der Waals surface area contributed by atoms with Gasteiger partial charge in [0.25, 0.3) is 0 Å². The van der Waals surface area contributed by atoms with Gasteiger partial charge in [-0.1, -0.05) is 45.4 Å². The number of piperidine rings is 1. The van der Waals surface area contributed by atoms with Crippen LogP contribution in [0.1, 0.15) is 88.1 Å². The van der Waals surface area contributed by atoms with Crippen molar-refractivity contribution in [1.29, 1.82) is 0 Å². The van der Waals surface area contributed by atoms with Crippen LogP contribution in [-0.2, 0) is 26.2 Å². The number of benzene rings is 1. The molecule has 3 heterocycles. The molecular weight excluding hydrogens is 564 g/mol. The van der Waals surface area contributed by atoms with Crippen molar-refractivity contribution in [2.24, 2.45) is 5.92 Å². The molecular formula is C32H48N6O4S. The van der Waals surface area contributed by atoms with Gasteiger partial charge in [0.1, 0.15) is 11.6 Å². The lowest BCUT2D eigenvalue weighted by Gasteiger charge is -2.52. The van der Waals surface area contributed by atoms with Crippen molar-refractivity contribution in [1.82, 2.24) is 29.6 Å². The predicted octanol–water partition coefficient (Wildman–Crippen LogP) is 3.83. The summed E-state index contributed by atoms with van der Waals surface area (Å²) in [7, 11) is -2.11. The maximum absolute atomic E-state index is 13.9. The molecule has 1 aliphatic carbocycles. The van der Waals surface area contributed by atoms with Gasteiger partial charge in [0.05, 0.1) is 16.3 Å². The van der Waals surface area contributed by atoms with Gasteiger partial charge in [-0.05, 0) is 76.8 Å². The normalized spacial score (nSPS) is 21.9. The fourth-order valence-corrected chi connectivity index (χ4v) is 8.00. The second-order valence-electron chi connectivity index (χ2n) is 12.7. The lowest BCUT2D eigenvalue weighted by Crippen LogP contribution is -2.73. The second kappa shape index (κ2) is 13.1. The Hall–Kier alpha value is -2.76. The third kappa shape index (κ3) is 6.40. The van der Waals surface area contributed by atoms with Gasteiger partial charge in [0.2, 0.25) is 21.8 Å². The largest absolute Gasteiger partial charge is 0.342 e. The highest BCUT2D eigenvalue weighted by atomic mass is 32.2. The third-order valence-electron chi connectivity index (χ3n) is 10.0. The van der Waals surface area contributed by atoms with E-state index < -0.39 is 15.6 Å². The molecule has 1 saturated carbocycles. The number of aromatic nitrogens is 2. The van der Waals surface area contributed by atoms with Gasteiger partial charge in [-0.25, -0.2) is 17.8 Å². The van der Waals surface area contributed by atoms with E-state index >= 15 is 0 Å². The number of hydrogen-bond acceptors (Lipinski definition) is 6. The van der Waals surface area contributed by atoms with Crippen LogP contribution in [0.25, 0.3) is 5.69 Å². The molecule has 236 valence electrons. The highest BCUT2D eigenvalue weighted by Crippen LogP contribution is 2.36. The van der Waals surface area contributed by atoms with Crippen LogP contribution >= 0.6 is 0 Å². The standard InChI is InChI=1S/C32H48N6O4S/c1-5-6-18-37-30(39)29(21-25-10-8-7-9-11-25)34-31(40)32(37)16-19-36(20-17-32)22-28-23(2)35-38(24(28)3)26-12-14-27(15-13-26)43(41,42)33-4/h12-15,25,29,33H,5-11,16-22H2,1-4H3,(H,34,40). The van der Waals surface area contributed by atoms with Crippen LogP contribution in [0.5, 0.6) is 0 Å². The maximum Gasteiger partial charge on any atom is 0.246 e. The third-order valence-corrected chi connectivity index (χ3v) is 11.4. The molecule has 0 bridgehead atoms. The lowest BCUT2D eigenvalue weighted by atomic mass is 9.79. The van der Waals surface area contributed by atoms with Crippen LogP contribution < -0.4 is 10.0 Å². The SMILES string of the molecule is CCCCN1C(=O)C(CC2CCCCC2)NC(=O)C12CCN(Cc1c(C)nn(-c3ccc(S(=O)(=O)NC)cc3)c1C)CC2. The maximum atomic E-state index is 13.9. The van der Waals surface area contributed by atoms with E-state index in [1.54, 1.807) is 24.3 Å². The first-order valence-corrected chi connectivity index (χ1v) is 17.5. The minimum Gasteiger partial charge on any atom is -0.342 e. The van der Waals surface area contributed by atoms with Crippen molar-refractivity contribution in [2.45, 2.75) is 108 Å². The van der Waals surface area contributed by atoms with Crippen LogP contribution in [-0.4, -0.2) is 78.1 Å². The van der Waals surface area contributed by atoms with E-state index in [2.05, 4.69) is 21.9 Å². The fraction of sp³-hybridized carbons (Fsp3) is 0.656. The van der Waals surface area contributed by atoms with Crippen LogP contribution in [0.4, 0.5) is 0 Å². The van der Waals surface area contributed by atoms with Crippen molar-refractivity contribution in [2.75, 3.05) is 26.7 Å². The zero-order valence-electron chi connectivity index (χ0n) is 26.2. The monoisotopic (exact) mass is 612 g/mol. The molecule has 1 aromatic heterocycles. The number of nitrogens with zero attached hydrogens (tertiary/aromatic N) is 4. The topological polar surface area (TPSA) is 117 Å². The molecule has 3 aliphatic rings. The van der Waals surface area contributed by atoms with Crippen molar-refractivity contribution >= 4 is 21.8 Å². The molecule has 2 N–H and O–H groups in total. The van der Waals surface area contributed by atoms with Crippen molar-refractivity contribution in [3.8, 4) is 5.69 Å². The molecule has 2 saturated heterocycles. The molecule has 1 aromatic carbocycles. The van der Waals surface area contributed by atoms with Crippen LogP contribution in [0.15, 0.2) is 29.2 Å². The Kier molecular flexibility index (Phi) is 9.63. The van der Waals surface area contributed by atoms with E-state index in [1.165, 1.54) is 26.3 Å². The summed E-state index contributed by atoms with van der Waals surface area (Å²) in [5.74, 6) is 0.680. The van der Waals surface area contributed by atoms with Crippen LogP contribution in [0, 0.1) is 19.8 Å². The van der Waals surface area contributed by atoms with Gasteiger partial charge in [0, 0.05) is 37.4 Å². The number of piperazine rings is 1. The van der Waals surface area contributed by atoms with E-state index in [0.29, 0.717) is 31.8 Å². The zero-order chi connectivity index (χ0) is 30.8. The van der Waals surface area contributed by atoms with E-state index in [4.69, 9.17) is 5.10 Å². The number of carbonyl (C=O) groups is 2.